The maximum Gasteiger partial charge on any atom is 0.240 e. The average molecular weight is 314 g/mol. The number of hydrogen-bond acceptors (Lipinski definition) is 4. The number of ether oxygens (including phenoxy) is 1. The molecule has 0 spiro atoms. The molecule has 0 atom stereocenters. The van der Waals surface area contributed by atoms with Gasteiger partial charge in [-0.1, -0.05) is 0 Å². The molecule has 23 heavy (non-hydrogen) atoms. The van der Waals surface area contributed by atoms with Gasteiger partial charge in [0.1, 0.15) is 5.75 Å². The minimum atomic E-state index is -0.113. The van der Waals surface area contributed by atoms with E-state index >= 15 is 0 Å². The van der Waals surface area contributed by atoms with Gasteiger partial charge in [-0.3, -0.25) is 9.89 Å². The first kappa shape index (κ1) is 16.7. The molecular formula is C17H22N4O2. The molecule has 1 aromatic heterocycles. The van der Waals surface area contributed by atoms with Gasteiger partial charge in [0.15, 0.2) is 0 Å². The molecule has 0 aliphatic heterocycles. The predicted molar refractivity (Wildman–Crippen MR) is 89.7 cm³/mol. The molecule has 1 amide bonds. The molecule has 2 rings (SSSR count). The number of amides is 1. The van der Waals surface area contributed by atoms with Crippen molar-refractivity contribution < 1.29 is 9.53 Å². The Morgan fingerprint density at radius 3 is 2.57 bits per heavy atom. The minimum Gasteiger partial charge on any atom is -0.497 e. The SMILES string of the molecule is COc1ccc(/C(C)=N/NC(=O)CCc2c(C)n[nH]c2C)cc1. The predicted octanol–water partition coefficient (Wildman–Crippen LogP) is 2.51. The second-order valence-corrected chi connectivity index (χ2v) is 5.37. The number of benzene rings is 1. The molecule has 6 nitrogen and oxygen atoms in total. The molecular weight excluding hydrogens is 292 g/mol. The van der Waals surface area contributed by atoms with Crippen LogP contribution in [-0.4, -0.2) is 28.9 Å². The fourth-order valence-electron chi connectivity index (χ4n) is 2.28. The number of hydrogen-bond donors (Lipinski definition) is 2. The molecule has 0 aliphatic carbocycles. The molecule has 0 radical (unpaired) electrons. The standard InChI is InChI=1S/C17H22N4O2/c1-11(14-5-7-15(23-4)8-6-14)18-21-17(22)10-9-16-12(2)19-20-13(16)3/h5-8H,9-10H2,1-4H3,(H,19,20)(H,21,22)/b18-11+. The van der Waals surface area contributed by atoms with Crippen LogP contribution in [-0.2, 0) is 11.2 Å². The highest BCUT2D eigenvalue weighted by Gasteiger charge is 2.09. The lowest BCUT2D eigenvalue weighted by Gasteiger charge is -2.05. The summed E-state index contributed by atoms with van der Waals surface area (Å²) in [5.74, 6) is 0.675. The van der Waals surface area contributed by atoms with Gasteiger partial charge in [-0.2, -0.15) is 10.2 Å². The molecule has 0 unspecified atom stereocenters. The Bertz CT molecular complexity index is 682. The van der Waals surface area contributed by atoms with Gasteiger partial charge in [0.2, 0.25) is 5.91 Å². The number of aromatic nitrogens is 2. The summed E-state index contributed by atoms with van der Waals surface area (Å²) in [4.78, 5) is 11.9. The zero-order valence-corrected chi connectivity index (χ0v) is 13.9. The van der Waals surface area contributed by atoms with Gasteiger partial charge in [-0.25, -0.2) is 5.43 Å². The van der Waals surface area contributed by atoms with E-state index in [2.05, 4.69) is 20.7 Å². The Hall–Kier alpha value is -2.63. The Kier molecular flexibility index (Phi) is 5.51. The lowest BCUT2D eigenvalue weighted by atomic mass is 10.1. The highest BCUT2D eigenvalue weighted by molar-refractivity contribution is 5.99. The summed E-state index contributed by atoms with van der Waals surface area (Å²) in [7, 11) is 1.62. The summed E-state index contributed by atoms with van der Waals surface area (Å²) in [6, 6.07) is 7.53. The Morgan fingerprint density at radius 1 is 1.30 bits per heavy atom. The number of aromatic amines is 1. The minimum absolute atomic E-state index is 0.113. The van der Waals surface area contributed by atoms with Crippen LogP contribution in [0, 0.1) is 13.8 Å². The lowest BCUT2D eigenvalue weighted by molar-refractivity contribution is -0.121. The molecule has 0 saturated heterocycles. The van der Waals surface area contributed by atoms with Gasteiger partial charge in [-0.15, -0.1) is 0 Å². The van der Waals surface area contributed by atoms with Crippen LogP contribution in [0.15, 0.2) is 29.4 Å². The van der Waals surface area contributed by atoms with Crippen LogP contribution >= 0.6 is 0 Å². The monoisotopic (exact) mass is 314 g/mol. The zero-order chi connectivity index (χ0) is 16.8. The van der Waals surface area contributed by atoms with E-state index in [1.807, 2.05) is 45.0 Å². The first-order valence-corrected chi connectivity index (χ1v) is 7.49. The summed E-state index contributed by atoms with van der Waals surface area (Å²) in [5.41, 5.74) is 7.32. The van der Waals surface area contributed by atoms with E-state index in [1.54, 1.807) is 7.11 Å². The Morgan fingerprint density at radius 2 is 2.00 bits per heavy atom. The summed E-state index contributed by atoms with van der Waals surface area (Å²) >= 11 is 0. The van der Waals surface area contributed by atoms with Crippen molar-refractivity contribution >= 4 is 11.6 Å². The number of H-pyrrole nitrogens is 1. The van der Waals surface area contributed by atoms with E-state index in [0.717, 1.165) is 34.0 Å². The average Bonchev–Trinajstić information content (AvgIpc) is 2.89. The maximum atomic E-state index is 11.9. The molecule has 122 valence electrons. The molecule has 2 N–H and O–H groups in total. The lowest BCUT2D eigenvalue weighted by Crippen LogP contribution is -2.19. The number of nitrogens with zero attached hydrogens (tertiary/aromatic N) is 2. The number of carbonyl (C=O) groups excluding carboxylic acids is 1. The highest BCUT2D eigenvalue weighted by Crippen LogP contribution is 2.13. The van der Waals surface area contributed by atoms with Crippen molar-refractivity contribution in [3.63, 3.8) is 0 Å². The summed E-state index contributed by atoms with van der Waals surface area (Å²) in [5, 5.41) is 11.2. The summed E-state index contributed by atoms with van der Waals surface area (Å²) < 4.78 is 5.12. The van der Waals surface area contributed by atoms with Crippen molar-refractivity contribution in [3.8, 4) is 5.75 Å². The van der Waals surface area contributed by atoms with E-state index in [1.165, 1.54) is 0 Å². The number of nitrogens with one attached hydrogen (secondary N) is 2. The van der Waals surface area contributed by atoms with E-state index in [0.29, 0.717) is 12.8 Å². The molecule has 1 aromatic carbocycles. The third-order valence-electron chi connectivity index (χ3n) is 3.74. The number of hydrazone groups is 1. The fourth-order valence-corrected chi connectivity index (χ4v) is 2.28. The normalized spacial score (nSPS) is 11.4. The van der Waals surface area contributed by atoms with Crippen molar-refractivity contribution in [2.24, 2.45) is 5.10 Å². The molecule has 0 aliphatic rings. The van der Waals surface area contributed by atoms with Gasteiger partial charge in [-0.05, 0) is 62.6 Å². The smallest absolute Gasteiger partial charge is 0.240 e. The van der Waals surface area contributed by atoms with E-state index in [9.17, 15) is 4.79 Å². The number of rotatable bonds is 6. The topological polar surface area (TPSA) is 79.4 Å². The van der Waals surface area contributed by atoms with Crippen molar-refractivity contribution in [1.82, 2.24) is 15.6 Å². The van der Waals surface area contributed by atoms with E-state index < -0.39 is 0 Å². The molecule has 0 bridgehead atoms. The van der Waals surface area contributed by atoms with E-state index in [4.69, 9.17) is 4.74 Å². The second-order valence-electron chi connectivity index (χ2n) is 5.37. The Balaban J connectivity index is 1.89. The van der Waals surface area contributed by atoms with E-state index in [-0.39, 0.29) is 5.91 Å². The van der Waals surface area contributed by atoms with Crippen LogP contribution in [0.2, 0.25) is 0 Å². The third-order valence-corrected chi connectivity index (χ3v) is 3.74. The zero-order valence-electron chi connectivity index (χ0n) is 13.9. The molecule has 0 fully saturated rings. The van der Waals surface area contributed by atoms with Crippen LogP contribution < -0.4 is 10.2 Å². The van der Waals surface area contributed by atoms with Crippen LogP contribution in [0.25, 0.3) is 0 Å². The largest absolute Gasteiger partial charge is 0.497 e. The summed E-state index contributed by atoms with van der Waals surface area (Å²) in [6.45, 7) is 5.74. The molecule has 0 saturated carbocycles. The van der Waals surface area contributed by atoms with Gasteiger partial charge in [0.25, 0.3) is 0 Å². The van der Waals surface area contributed by atoms with Gasteiger partial charge >= 0.3 is 0 Å². The summed E-state index contributed by atoms with van der Waals surface area (Å²) in [6.07, 6.45) is 1.03. The van der Waals surface area contributed by atoms with Gasteiger partial charge < -0.3 is 4.74 Å². The second kappa shape index (κ2) is 7.58. The number of aryl methyl sites for hydroxylation is 2. The van der Waals surface area contributed by atoms with Crippen LogP contribution in [0.5, 0.6) is 5.75 Å². The van der Waals surface area contributed by atoms with Gasteiger partial charge in [0, 0.05) is 12.1 Å². The Labute approximate surface area is 135 Å². The van der Waals surface area contributed by atoms with Crippen molar-refractivity contribution in [2.75, 3.05) is 7.11 Å². The first-order chi connectivity index (χ1) is 11.0. The van der Waals surface area contributed by atoms with Crippen LogP contribution in [0.1, 0.15) is 35.9 Å². The van der Waals surface area contributed by atoms with Crippen molar-refractivity contribution in [1.29, 1.82) is 0 Å². The molecule has 6 heteroatoms. The van der Waals surface area contributed by atoms with Gasteiger partial charge in [0.05, 0.1) is 18.5 Å². The first-order valence-electron chi connectivity index (χ1n) is 7.49. The van der Waals surface area contributed by atoms with Crippen molar-refractivity contribution in [2.45, 2.75) is 33.6 Å². The fraction of sp³-hybridized carbons (Fsp3) is 0.353. The van der Waals surface area contributed by atoms with Crippen LogP contribution in [0.3, 0.4) is 0 Å². The number of methoxy groups -OCH3 is 1. The molecule has 2 aromatic rings. The highest BCUT2D eigenvalue weighted by atomic mass is 16.5. The third kappa shape index (κ3) is 4.42. The van der Waals surface area contributed by atoms with Crippen LogP contribution in [0.4, 0.5) is 0 Å². The maximum absolute atomic E-state index is 11.9. The molecule has 1 heterocycles. The van der Waals surface area contributed by atoms with Crippen molar-refractivity contribution in [3.05, 3.63) is 46.8 Å². The quantitative estimate of drug-likeness (QED) is 0.635. The number of carbonyl (C=O) groups is 1.